The largest absolute Gasteiger partial charge is 0.417 e. The first-order chi connectivity index (χ1) is 8.89. The summed E-state index contributed by atoms with van der Waals surface area (Å²) in [6.45, 7) is 0. The molecule has 0 aliphatic rings. The molecule has 0 saturated heterocycles. The van der Waals surface area contributed by atoms with Gasteiger partial charge in [-0.25, -0.2) is 4.39 Å². The summed E-state index contributed by atoms with van der Waals surface area (Å²) >= 11 is 0. The number of carbonyl (C=O) groups excluding carboxylic acids is 1. The molecule has 0 unspecified atom stereocenters. The summed E-state index contributed by atoms with van der Waals surface area (Å²) < 4.78 is 50.2. The van der Waals surface area contributed by atoms with Gasteiger partial charge >= 0.3 is 6.18 Å². The first-order valence-corrected chi connectivity index (χ1v) is 5.07. The molecule has 2 aromatic heterocycles. The van der Waals surface area contributed by atoms with E-state index < -0.39 is 23.3 Å². The fourth-order valence-electron chi connectivity index (χ4n) is 1.39. The molecule has 0 aliphatic heterocycles. The number of rotatable bonds is 2. The average molecular weight is 270 g/mol. The van der Waals surface area contributed by atoms with Crippen molar-refractivity contribution in [3.05, 3.63) is 59.4 Å². The highest BCUT2D eigenvalue weighted by Crippen LogP contribution is 2.28. The van der Waals surface area contributed by atoms with Gasteiger partial charge in [-0.15, -0.1) is 0 Å². The van der Waals surface area contributed by atoms with Crippen LogP contribution in [0.3, 0.4) is 0 Å². The van der Waals surface area contributed by atoms with Crippen LogP contribution >= 0.6 is 0 Å². The summed E-state index contributed by atoms with van der Waals surface area (Å²) in [5.74, 6) is -1.65. The van der Waals surface area contributed by atoms with Crippen LogP contribution in [-0.4, -0.2) is 15.8 Å². The molecule has 0 saturated carbocycles. The van der Waals surface area contributed by atoms with Crippen molar-refractivity contribution in [3.63, 3.8) is 0 Å². The molecular formula is C12H6F4N2O. The van der Waals surface area contributed by atoms with Crippen LogP contribution in [0.4, 0.5) is 17.6 Å². The molecule has 2 rings (SSSR count). The van der Waals surface area contributed by atoms with Crippen LogP contribution in [0.2, 0.25) is 0 Å². The summed E-state index contributed by atoms with van der Waals surface area (Å²) in [7, 11) is 0. The van der Waals surface area contributed by atoms with Crippen LogP contribution < -0.4 is 0 Å². The molecule has 0 atom stereocenters. The normalized spacial score (nSPS) is 11.4. The minimum absolute atomic E-state index is 0.266. The van der Waals surface area contributed by atoms with Crippen LogP contribution in [0, 0.1) is 5.82 Å². The first-order valence-electron chi connectivity index (χ1n) is 5.07. The van der Waals surface area contributed by atoms with E-state index in [0.29, 0.717) is 6.20 Å². The van der Waals surface area contributed by atoms with Gasteiger partial charge in [-0.2, -0.15) is 13.2 Å². The molecule has 2 heterocycles. The Balaban J connectivity index is 2.34. The lowest BCUT2D eigenvalue weighted by Crippen LogP contribution is -2.10. The van der Waals surface area contributed by atoms with Crippen molar-refractivity contribution in [1.82, 2.24) is 9.97 Å². The number of alkyl halides is 3. The summed E-state index contributed by atoms with van der Waals surface area (Å²) in [6.07, 6.45) is -1.94. The lowest BCUT2D eigenvalue weighted by Gasteiger charge is -2.06. The zero-order chi connectivity index (χ0) is 14.0. The standard InChI is InChI=1S/C12H6F4N2O/c13-9-6-17-4-3-8(9)11(19)10-2-1-7(5-18-10)12(14,15)16/h1-6H. The van der Waals surface area contributed by atoms with Crippen LogP contribution in [0.1, 0.15) is 21.6 Å². The molecule has 0 bridgehead atoms. The van der Waals surface area contributed by atoms with E-state index in [9.17, 15) is 22.4 Å². The van der Waals surface area contributed by atoms with Gasteiger partial charge in [-0.1, -0.05) is 0 Å². The Bertz CT molecular complexity index is 608. The highest BCUT2D eigenvalue weighted by atomic mass is 19.4. The van der Waals surface area contributed by atoms with E-state index in [1.165, 1.54) is 6.20 Å². The van der Waals surface area contributed by atoms with E-state index in [1.54, 1.807) is 0 Å². The second-order valence-corrected chi connectivity index (χ2v) is 3.61. The Morgan fingerprint density at radius 2 is 1.84 bits per heavy atom. The zero-order valence-electron chi connectivity index (χ0n) is 9.28. The third kappa shape index (κ3) is 2.75. The van der Waals surface area contributed by atoms with Crippen molar-refractivity contribution >= 4 is 5.78 Å². The van der Waals surface area contributed by atoms with Gasteiger partial charge in [0.1, 0.15) is 5.69 Å². The van der Waals surface area contributed by atoms with Gasteiger partial charge < -0.3 is 0 Å². The van der Waals surface area contributed by atoms with E-state index in [1.807, 2.05) is 0 Å². The molecule has 3 nitrogen and oxygen atoms in total. The number of hydrogen-bond acceptors (Lipinski definition) is 3. The van der Waals surface area contributed by atoms with Gasteiger partial charge in [-0.3, -0.25) is 14.8 Å². The predicted molar refractivity (Wildman–Crippen MR) is 56.9 cm³/mol. The Morgan fingerprint density at radius 1 is 1.11 bits per heavy atom. The summed E-state index contributed by atoms with van der Waals surface area (Å²) in [5.41, 5.74) is -1.53. The number of halogens is 4. The molecular weight excluding hydrogens is 264 g/mol. The van der Waals surface area contributed by atoms with Gasteiger partial charge in [0.05, 0.1) is 17.3 Å². The van der Waals surface area contributed by atoms with Crippen molar-refractivity contribution in [2.24, 2.45) is 0 Å². The number of nitrogens with zero attached hydrogens (tertiary/aromatic N) is 2. The van der Waals surface area contributed by atoms with E-state index in [-0.39, 0.29) is 11.3 Å². The number of pyridine rings is 2. The van der Waals surface area contributed by atoms with Crippen molar-refractivity contribution in [1.29, 1.82) is 0 Å². The van der Waals surface area contributed by atoms with Crippen LogP contribution in [0.25, 0.3) is 0 Å². The second-order valence-electron chi connectivity index (χ2n) is 3.61. The Labute approximate surface area is 104 Å². The quantitative estimate of drug-likeness (QED) is 0.622. The summed E-state index contributed by atoms with van der Waals surface area (Å²) in [6, 6.07) is 2.77. The summed E-state index contributed by atoms with van der Waals surface area (Å²) in [4.78, 5) is 18.7. The molecule has 0 aliphatic carbocycles. The van der Waals surface area contributed by atoms with E-state index >= 15 is 0 Å². The molecule has 0 amide bonds. The van der Waals surface area contributed by atoms with E-state index in [0.717, 1.165) is 24.4 Å². The van der Waals surface area contributed by atoms with E-state index in [2.05, 4.69) is 9.97 Å². The molecule has 0 spiro atoms. The Kier molecular flexibility index (Phi) is 3.28. The topological polar surface area (TPSA) is 42.9 Å². The lowest BCUT2D eigenvalue weighted by molar-refractivity contribution is -0.137. The molecule has 98 valence electrons. The average Bonchev–Trinajstić information content (AvgIpc) is 2.38. The third-order valence-corrected chi connectivity index (χ3v) is 2.34. The van der Waals surface area contributed by atoms with Crippen LogP contribution in [0.5, 0.6) is 0 Å². The minimum atomic E-state index is -4.53. The van der Waals surface area contributed by atoms with Crippen molar-refractivity contribution in [2.45, 2.75) is 6.18 Å². The number of aromatic nitrogens is 2. The van der Waals surface area contributed by atoms with Gasteiger partial charge in [0.15, 0.2) is 5.82 Å². The molecule has 0 N–H and O–H groups in total. The van der Waals surface area contributed by atoms with Crippen LogP contribution in [0.15, 0.2) is 36.8 Å². The second kappa shape index (κ2) is 4.75. The number of ketones is 1. The fourth-order valence-corrected chi connectivity index (χ4v) is 1.39. The van der Waals surface area contributed by atoms with Gasteiger partial charge in [-0.05, 0) is 18.2 Å². The maximum absolute atomic E-state index is 13.3. The fraction of sp³-hybridized carbons (Fsp3) is 0.0833. The van der Waals surface area contributed by atoms with Crippen molar-refractivity contribution < 1.29 is 22.4 Å². The maximum Gasteiger partial charge on any atom is 0.417 e. The monoisotopic (exact) mass is 270 g/mol. The third-order valence-electron chi connectivity index (χ3n) is 2.34. The summed E-state index contributed by atoms with van der Waals surface area (Å²) in [5, 5.41) is 0. The Morgan fingerprint density at radius 3 is 2.37 bits per heavy atom. The van der Waals surface area contributed by atoms with Gasteiger partial charge in [0.2, 0.25) is 5.78 Å². The minimum Gasteiger partial charge on any atom is -0.287 e. The van der Waals surface area contributed by atoms with Gasteiger partial charge in [0.25, 0.3) is 0 Å². The first kappa shape index (κ1) is 13.1. The highest BCUT2D eigenvalue weighted by molar-refractivity contribution is 6.07. The molecule has 0 fully saturated rings. The van der Waals surface area contributed by atoms with Crippen molar-refractivity contribution in [2.75, 3.05) is 0 Å². The molecule has 19 heavy (non-hydrogen) atoms. The lowest BCUT2D eigenvalue weighted by atomic mass is 10.1. The highest BCUT2D eigenvalue weighted by Gasteiger charge is 2.31. The van der Waals surface area contributed by atoms with Crippen LogP contribution in [-0.2, 0) is 6.18 Å². The molecule has 7 heteroatoms. The number of carbonyl (C=O) groups is 1. The SMILES string of the molecule is O=C(c1ccc(C(F)(F)F)cn1)c1ccncc1F. The van der Waals surface area contributed by atoms with Gasteiger partial charge in [0, 0.05) is 12.4 Å². The number of hydrogen-bond donors (Lipinski definition) is 0. The molecule has 0 radical (unpaired) electrons. The smallest absolute Gasteiger partial charge is 0.287 e. The zero-order valence-corrected chi connectivity index (χ0v) is 9.28. The molecule has 2 aromatic rings. The molecule has 0 aromatic carbocycles. The Hall–Kier alpha value is -2.31. The predicted octanol–water partition coefficient (Wildman–Crippen LogP) is 2.87. The van der Waals surface area contributed by atoms with E-state index in [4.69, 9.17) is 0 Å². The maximum atomic E-state index is 13.3. The van der Waals surface area contributed by atoms with Crippen molar-refractivity contribution in [3.8, 4) is 0 Å².